The Balaban J connectivity index is 1.82. The Kier molecular flexibility index (Phi) is 3.98. The van der Waals surface area contributed by atoms with Gasteiger partial charge < -0.3 is 14.5 Å². The first kappa shape index (κ1) is 12.9. The van der Waals surface area contributed by atoms with Crippen LogP contribution in [0.2, 0.25) is 5.28 Å². The summed E-state index contributed by atoms with van der Waals surface area (Å²) < 4.78 is 5.34. The Morgan fingerprint density at radius 2 is 1.37 bits per heavy atom. The van der Waals surface area contributed by atoms with E-state index in [4.69, 9.17) is 16.3 Å². The van der Waals surface area contributed by atoms with Crippen molar-refractivity contribution < 1.29 is 4.74 Å². The Morgan fingerprint density at radius 1 is 0.789 bits per heavy atom. The summed E-state index contributed by atoms with van der Waals surface area (Å²) in [7, 11) is 0. The molecule has 3 heterocycles. The summed E-state index contributed by atoms with van der Waals surface area (Å²) in [6.45, 7) is 5.04. The molecule has 0 unspecified atom stereocenters. The lowest BCUT2D eigenvalue weighted by Gasteiger charge is -2.29. The van der Waals surface area contributed by atoms with Gasteiger partial charge in [-0.25, -0.2) is 0 Å². The van der Waals surface area contributed by atoms with Gasteiger partial charge in [-0.3, -0.25) is 0 Å². The van der Waals surface area contributed by atoms with Gasteiger partial charge in [0, 0.05) is 26.2 Å². The van der Waals surface area contributed by atoms with Gasteiger partial charge in [0.25, 0.3) is 0 Å². The molecule has 7 heteroatoms. The standard InChI is InChI=1S/C12H18ClN5O/c13-10-14-11(17-4-2-1-3-5-17)16-12(15-10)18-6-8-19-9-7-18/h1-9H2. The van der Waals surface area contributed by atoms with Crippen LogP contribution in [-0.2, 0) is 4.74 Å². The Hall–Kier alpha value is -1.14. The molecule has 0 radical (unpaired) electrons. The predicted molar refractivity (Wildman–Crippen MR) is 73.9 cm³/mol. The van der Waals surface area contributed by atoms with Crippen molar-refractivity contribution in [2.45, 2.75) is 19.3 Å². The van der Waals surface area contributed by atoms with Crippen molar-refractivity contribution in [1.29, 1.82) is 0 Å². The molecule has 19 heavy (non-hydrogen) atoms. The van der Waals surface area contributed by atoms with E-state index in [1.807, 2.05) is 0 Å². The predicted octanol–water partition coefficient (Wildman–Crippen LogP) is 1.35. The van der Waals surface area contributed by atoms with Crippen LogP contribution in [0.1, 0.15) is 19.3 Å². The zero-order valence-electron chi connectivity index (χ0n) is 10.9. The number of rotatable bonds is 2. The summed E-state index contributed by atoms with van der Waals surface area (Å²) in [5.41, 5.74) is 0. The average molecular weight is 284 g/mol. The second-order valence-electron chi connectivity index (χ2n) is 4.85. The lowest BCUT2D eigenvalue weighted by atomic mass is 10.1. The molecule has 0 aliphatic carbocycles. The van der Waals surface area contributed by atoms with Crippen molar-refractivity contribution >= 4 is 23.5 Å². The number of nitrogens with zero attached hydrogens (tertiary/aromatic N) is 5. The Labute approximate surface area is 117 Å². The van der Waals surface area contributed by atoms with Crippen molar-refractivity contribution in [2.75, 3.05) is 49.2 Å². The number of piperidine rings is 1. The van der Waals surface area contributed by atoms with E-state index in [2.05, 4.69) is 24.8 Å². The van der Waals surface area contributed by atoms with Gasteiger partial charge in [-0.1, -0.05) is 0 Å². The van der Waals surface area contributed by atoms with Crippen LogP contribution in [0, 0.1) is 0 Å². The van der Waals surface area contributed by atoms with E-state index in [0.29, 0.717) is 25.1 Å². The highest BCUT2D eigenvalue weighted by molar-refractivity contribution is 6.28. The molecule has 0 aromatic carbocycles. The van der Waals surface area contributed by atoms with E-state index >= 15 is 0 Å². The average Bonchev–Trinajstić information content (AvgIpc) is 2.48. The molecular weight excluding hydrogens is 266 g/mol. The van der Waals surface area contributed by atoms with Gasteiger partial charge in [-0.2, -0.15) is 15.0 Å². The molecule has 1 aromatic heterocycles. The fourth-order valence-corrected chi connectivity index (χ4v) is 2.62. The van der Waals surface area contributed by atoms with E-state index in [9.17, 15) is 0 Å². The lowest BCUT2D eigenvalue weighted by molar-refractivity contribution is 0.122. The highest BCUT2D eigenvalue weighted by Crippen LogP contribution is 2.20. The fourth-order valence-electron chi connectivity index (χ4n) is 2.47. The van der Waals surface area contributed by atoms with Crippen molar-refractivity contribution in [3.8, 4) is 0 Å². The number of ether oxygens (including phenoxy) is 1. The van der Waals surface area contributed by atoms with Gasteiger partial charge in [0.2, 0.25) is 17.2 Å². The van der Waals surface area contributed by atoms with Crippen molar-refractivity contribution in [3.63, 3.8) is 0 Å². The van der Waals surface area contributed by atoms with E-state index in [-0.39, 0.29) is 5.28 Å². The maximum absolute atomic E-state index is 6.04. The summed E-state index contributed by atoms with van der Waals surface area (Å²) in [6, 6.07) is 0. The second-order valence-corrected chi connectivity index (χ2v) is 5.19. The molecule has 3 rings (SSSR count). The van der Waals surface area contributed by atoms with Crippen LogP contribution in [-0.4, -0.2) is 54.3 Å². The number of hydrogen-bond acceptors (Lipinski definition) is 6. The highest BCUT2D eigenvalue weighted by atomic mass is 35.5. The van der Waals surface area contributed by atoms with E-state index < -0.39 is 0 Å². The van der Waals surface area contributed by atoms with Crippen LogP contribution in [0.25, 0.3) is 0 Å². The molecule has 0 N–H and O–H groups in total. The van der Waals surface area contributed by atoms with Crippen LogP contribution in [0.5, 0.6) is 0 Å². The van der Waals surface area contributed by atoms with E-state index in [0.717, 1.165) is 26.2 Å². The Bertz CT molecular complexity index is 396. The summed E-state index contributed by atoms with van der Waals surface area (Å²) in [5, 5.41) is 0.275. The molecule has 2 saturated heterocycles. The highest BCUT2D eigenvalue weighted by Gasteiger charge is 2.19. The van der Waals surface area contributed by atoms with Crippen LogP contribution >= 0.6 is 11.6 Å². The molecule has 1 aromatic rings. The monoisotopic (exact) mass is 283 g/mol. The summed E-state index contributed by atoms with van der Waals surface area (Å²) in [4.78, 5) is 17.4. The molecule has 0 bridgehead atoms. The fraction of sp³-hybridized carbons (Fsp3) is 0.750. The smallest absolute Gasteiger partial charge is 0.231 e. The van der Waals surface area contributed by atoms with Crippen LogP contribution in [0.15, 0.2) is 0 Å². The van der Waals surface area contributed by atoms with Crippen LogP contribution < -0.4 is 9.80 Å². The van der Waals surface area contributed by atoms with Crippen molar-refractivity contribution in [3.05, 3.63) is 5.28 Å². The van der Waals surface area contributed by atoms with Gasteiger partial charge in [-0.05, 0) is 30.9 Å². The first-order valence-electron chi connectivity index (χ1n) is 6.82. The first-order chi connectivity index (χ1) is 9.33. The minimum absolute atomic E-state index is 0.275. The molecule has 2 aliphatic rings. The maximum Gasteiger partial charge on any atom is 0.231 e. The number of halogens is 1. The molecule has 6 nitrogen and oxygen atoms in total. The van der Waals surface area contributed by atoms with E-state index in [1.54, 1.807) is 0 Å². The molecule has 104 valence electrons. The van der Waals surface area contributed by atoms with Gasteiger partial charge in [0.05, 0.1) is 13.2 Å². The number of anilines is 2. The maximum atomic E-state index is 6.04. The molecule has 2 fully saturated rings. The molecule has 0 atom stereocenters. The minimum atomic E-state index is 0.275. The van der Waals surface area contributed by atoms with Crippen LogP contribution in [0.3, 0.4) is 0 Å². The van der Waals surface area contributed by atoms with Gasteiger partial charge >= 0.3 is 0 Å². The SMILES string of the molecule is Clc1nc(N2CCCCC2)nc(N2CCOCC2)n1. The summed E-state index contributed by atoms with van der Waals surface area (Å²) in [5.74, 6) is 1.38. The molecular formula is C12H18ClN5O. The van der Waals surface area contributed by atoms with Crippen molar-refractivity contribution in [1.82, 2.24) is 15.0 Å². The number of hydrogen-bond donors (Lipinski definition) is 0. The van der Waals surface area contributed by atoms with Gasteiger partial charge in [-0.15, -0.1) is 0 Å². The second kappa shape index (κ2) is 5.88. The number of morpholine rings is 1. The quantitative estimate of drug-likeness (QED) is 0.817. The molecule has 0 spiro atoms. The third kappa shape index (κ3) is 3.06. The Morgan fingerprint density at radius 3 is 2.00 bits per heavy atom. The third-order valence-electron chi connectivity index (χ3n) is 3.52. The van der Waals surface area contributed by atoms with Gasteiger partial charge in [0.15, 0.2) is 0 Å². The molecule has 0 saturated carbocycles. The summed E-state index contributed by atoms with van der Waals surface area (Å²) in [6.07, 6.45) is 3.66. The normalized spacial score (nSPS) is 20.7. The summed E-state index contributed by atoms with van der Waals surface area (Å²) >= 11 is 6.04. The molecule has 2 aliphatic heterocycles. The van der Waals surface area contributed by atoms with Crippen LogP contribution in [0.4, 0.5) is 11.9 Å². The molecule has 0 amide bonds. The third-order valence-corrected chi connectivity index (χ3v) is 3.69. The minimum Gasteiger partial charge on any atom is -0.378 e. The zero-order chi connectivity index (χ0) is 13.1. The number of aromatic nitrogens is 3. The topological polar surface area (TPSA) is 54.4 Å². The largest absolute Gasteiger partial charge is 0.378 e. The van der Waals surface area contributed by atoms with E-state index in [1.165, 1.54) is 19.3 Å². The zero-order valence-corrected chi connectivity index (χ0v) is 11.6. The first-order valence-corrected chi connectivity index (χ1v) is 7.20. The van der Waals surface area contributed by atoms with Gasteiger partial charge in [0.1, 0.15) is 0 Å². The van der Waals surface area contributed by atoms with Crippen molar-refractivity contribution in [2.24, 2.45) is 0 Å². The lowest BCUT2D eigenvalue weighted by Crippen LogP contribution is -2.38.